The molecular formula is C13H15F3N2O2. The summed E-state index contributed by atoms with van der Waals surface area (Å²) in [5.74, 6) is 0. The summed E-state index contributed by atoms with van der Waals surface area (Å²) in [5.41, 5.74) is 0.943. The van der Waals surface area contributed by atoms with Gasteiger partial charge in [-0.15, -0.1) is 0 Å². The van der Waals surface area contributed by atoms with Crippen LogP contribution >= 0.6 is 0 Å². The maximum Gasteiger partial charge on any atom is 0.418 e. The molecule has 4 nitrogen and oxygen atoms in total. The molecule has 1 fully saturated rings. The van der Waals surface area contributed by atoms with E-state index in [2.05, 4.69) is 10.8 Å². The summed E-state index contributed by atoms with van der Waals surface area (Å²) in [4.78, 5) is 16.7. The van der Waals surface area contributed by atoms with Crippen molar-refractivity contribution in [2.45, 2.75) is 38.0 Å². The molecule has 0 aliphatic heterocycles. The van der Waals surface area contributed by atoms with Crippen LogP contribution in [0.2, 0.25) is 0 Å². The maximum atomic E-state index is 12.7. The molecule has 0 unspecified atom stereocenters. The van der Waals surface area contributed by atoms with Gasteiger partial charge in [0.05, 0.1) is 17.4 Å². The van der Waals surface area contributed by atoms with Gasteiger partial charge in [0, 0.05) is 0 Å². The van der Waals surface area contributed by atoms with Crippen molar-refractivity contribution < 1.29 is 22.8 Å². The van der Waals surface area contributed by atoms with Crippen LogP contribution in [0.1, 0.15) is 31.2 Å². The van der Waals surface area contributed by atoms with Crippen LogP contribution in [0.25, 0.3) is 0 Å². The van der Waals surface area contributed by atoms with E-state index in [4.69, 9.17) is 4.84 Å². The van der Waals surface area contributed by atoms with Crippen molar-refractivity contribution in [2.24, 2.45) is 0 Å². The lowest BCUT2D eigenvalue weighted by Gasteiger charge is -2.15. The number of para-hydroxylation sites is 1. The molecule has 0 saturated heterocycles. The molecule has 1 saturated carbocycles. The number of hydrogen-bond acceptors (Lipinski definition) is 2. The van der Waals surface area contributed by atoms with Crippen LogP contribution in [0.15, 0.2) is 24.3 Å². The Morgan fingerprint density at radius 1 is 1.20 bits per heavy atom. The van der Waals surface area contributed by atoms with Gasteiger partial charge in [-0.05, 0) is 25.0 Å². The summed E-state index contributed by atoms with van der Waals surface area (Å²) in [6, 6.07) is 3.98. The van der Waals surface area contributed by atoms with E-state index in [9.17, 15) is 18.0 Å². The zero-order chi connectivity index (χ0) is 14.6. The van der Waals surface area contributed by atoms with Crippen molar-refractivity contribution >= 4 is 11.7 Å². The fourth-order valence-electron chi connectivity index (χ4n) is 2.13. The standard InChI is InChI=1S/C13H15F3N2O2/c14-13(15,16)10-7-3-4-8-11(10)17-12(19)18-20-9-5-1-2-6-9/h3-4,7-9H,1-2,5-6H2,(H2,17,18,19). The number of amides is 2. The molecule has 0 bridgehead atoms. The van der Waals surface area contributed by atoms with Crippen molar-refractivity contribution in [3.05, 3.63) is 29.8 Å². The van der Waals surface area contributed by atoms with Crippen LogP contribution in [0.5, 0.6) is 0 Å². The Kier molecular flexibility index (Phi) is 4.49. The van der Waals surface area contributed by atoms with Crippen LogP contribution in [-0.4, -0.2) is 12.1 Å². The normalized spacial score (nSPS) is 16.1. The molecule has 1 aliphatic carbocycles. The van der Waals surface area contributed by atoms with Gasteiger partial charge in [0.25, 0.3) is 0 Å². The first-order valence-corrected chi connectivity index (χ1v) is 6.35. The van der Waals surface area contributed by atoms with Crippen LogP contribution in [0.3, 0.4) is 0 Å². The second kappa shape index (κ2) is 6.13. The lowest BCUT2D eigenvalue weighted by molar-refractivity contribution is -0.136. The summed E-state index contributed by atoms with van der Waals surface area (Å²) in [6.07, 6.45) is -0.816. The number of hydrogen-bond donors (Lipinski definition) is 2. The molecule has 0 atom stereocenters. The number of anilines is 1. The van der Waals surface area contributed by atoms with Crippen molar-refractivity contribution in [3.63, 3.8) is 0 Å². The third-order valence-electron chi connectivity index (χ3n) is 3.10. The third-order valence-corrected chi connectivity index (χ3v) is 3.10. The van der Waals surface area contributed by atoms with E-state index in [0.29, 0.717) is 0 Å². The molecule has 1 aromatic carbocycles. The highest BCUT2D eigenvalue weighted by molar-refractivity contribution is 5.89. The second-order valence-electron chi connectivity index (χ2n) is 4.62. The molecule has 0 spiro atoms. The summed E-state index contributed by atoms with van der Waals surface area (Å²) in [5, 5.41) is 2.15. The Balaban J connectivity index is 1.93. The number of alkyl halides is 3. The number of halogens is 3. The Morgan fingerprint density at radius 3 is 2.50 bits per heavy atom. The molecule has 110 valence electrons. The molecule has 1 aromatic rings. The van der Waals surface area contributed by atoms with Gasteiger partial charge in [0.2, 0.25) is 0 Å². The number of hydroxylamine groups is 1. The van der Waals surface area contributed by atoms with E-state index < -0.39 is 17.8 Å². The first-order valence-electron chi connectivity index (χ1n) is 6.35. The number of urea groups is 1. The largest absolute Gasteiger partial charge is 0.418 e. The predicted octanol–water partition coefficient (Wildman–Crippen LogP) is 3.70. The van der Waals surface area contributed by atoms with Crippen molar-refractivity contribution in [1.82, 2.24) is 5.48 Å². The van der Waals surface area contributed by atoms with Crippen molar-refractivity contribution in [2.75, 3.05) is 5.32 Å². The molecule has 1 aliphatic rings. The number of carbonyl (C=O) groups excluding carboxylic acids is 1. The quantitative estimate of drug-likeness (QED) is 0.833. The molecule has 2 N–H and O–H groups in total. The monoisotopic (exact) mass is 288 g/mol. The van der Waals surface area contributed by atoms with Crippen molar-refractivity contribution in [3.8, 4) is 0 Å². The van der Waals surface area contributed by atoms with Gasteiger partial charge in [-0.1, -0.05) is 25.0 Å². The molecule has 20 heavy (non-hydrogen) atoms. The molecule has 2 amide bonds. The summed E-state index contributed by atoms with van der Waals surface area (Å²) in [7, 11) is 0. The van der Waals surface area contributed by atoms with Crippen molar-refractivity contribution in [1.29, 1.82) is 0 Å². The Hall–Kier alpha value is -1.76. The van der Waals surface area contributed by atoms with Crippen LogP contribution in [0, 0.1) is 0 Å². The van der Waals surface area contributed by atoms with Gasteiger partial charge in [-0.2, -0.15) is 13.2 Å². The van der Waals surface area contributed by atoms with Crippen LogP contribution in [0.4, 0.5) is 23.7 Å². The van der Waals surface area contributed by atoms with E-state index in [1.54, 1.807) is 0 Å². The van der Waals surface area contributed by atoms with E-state index in [1.807, 2.05) is 0 Å². The van der Waals surface area contributed by atoms with Crippen LogP contribution in [-0.2, 0) is 11.0 Å². The summed E-state index contributed by atoms with van der Waals surface area (Å²) >= 11 is 0. The van der Waals surface area contributed by atoms with E-state index in [0.717, 1.165) is 31.7 Å². The summed E-state index contributed by atoms with van der Waals surface area (Å²) in [6.45, 7) is 0. The molecule has 2 rings (SSSR count). The smallest absolute Gasteiger partial charge is 0.306 e. The molecular weight excluding hydrogens is 273 g/mol. The lowest BCUT2D eigenvalue weighted by atomic mass is 10.1. The van der Waals surface area contributed by atoms with Gasteiger partial charge in [0.15, 0.2) is 0 Å². The lowest BCUT2D eigenvalue weighted by Crippen LogP contribution is -2.32. The van der Waals surface area contributed by atoms with Gasteiger partial charge >= 0.3 is 12.2 Å². The molecule has 0 aromatic heterocycles. The second-order valence-corrected chi connectivity index (χ2v) is 4.62. The molecule has 0 radical (unpaired) electrons. The SMILES string of the molecule is O=C(NOC1CCCC1)Nc1ccccc1C(F)(F)F. The fourth-order valence-corrected chi connectivity index (χ4v) is 2.13. The zero-order valence-electron chi connectivity index (χ0n) is 10.7. The number of carbonyl (C=O) groups is 1. The average molecular weight is 288 g/mol. The topological polar surface area (TPSA) is 50.4 Å². The number of benzene rings is 1. The highest BCUT2D eigenvalue weighted by atomic mass is 19.4. The Bertz CT molecular complexity index is 471. The fraction of sp³-hybridized carbons (Fsp3) is 0.462. The average Bonchev–Trinajstić information content (AvgIpc) is 2.89. The molecule has 7 heteroatoms. The highest BCUT2D eigenvalue weighted by Gasteiger charge is 2.33. The van der Waals surface area contributed by atoms with Crippen LogP contribution < -0.4 is 10.8 Å². The summed E-state index contributed by atoms with van der Waals surface area (Å²) < 4.78 is 38.2. The Labute approximate surface area is 114 Å². The van der Waals surface area contributed by atoms with Gasteiger partial charge in [-0.3, -0.25) is 4.84 Å². The van der Waals surface area contributed by atoms with Gasteiger partial charge < -0.3 is 5.32 Å². The van der Waals surface area contributed by atoms with E-state index in [-0.39, 0.29) is 11.8 Å². The van der Waals surface area contributed by atoms with E-state index in [1.165, 1.54) is 18.2 Å². The maximum absolute atomic E-state index is 12.7. The zero-order valence-corrected chi connectivity index (χ0v) is 10.7. The first-order chi connectivity index (χ1) is 9.47. The minimum Gasteiger partial charge on any atom is -0.306 e. The predicted molar refractivity (Wildman–Crippen MR) is 66.9 cm³/mol. The number of nitrogens with one attached hydrogen (secondary N) is 2. The number of rotatable bonds is 3. The minimum absolute atomic E-state index is 0.0568. The Morgan fingerprint density at radius 2 is 1.85 bits per heavy atom. The minimum atomic E-state index is -4.52. The first kappa shape index (κ1) is 14.6. The third kappa shape index (κ3) is 3.86. The molecule has 0 heterocycles. The van der Waals surface area contributed by atoms with Gasteiger partial charge in [-0.25, -0.2) is 10.3 Å². The van der Waals surface area contributed by atoms with E-state index >= 15 is 0 Å². The highest BCUT2D eigenvalue weighted by Crippen LogP contribution is 2.34. The van der Waals surface area contributed by atoms with Gasteiger partial charge in [0.1, 0.15) is 0 Å².